The summed E-state index contributed by atoms with van der Waals surface area (Å²) in [7, 11) is 11.8. The van der Waals surface area contributed by atoms with Crippen molar-refractivity contribution in [1.82, 2.24) is 4.90 Å². The van der Waals surface area contributed by atoms with Gasteiger partial charge in [0.15, 0.2) is 23.0 Å². The van der Waals surface area contributed by atoms with Gasteiger partial charge in [-0.3, -0.25) is 4.90 Å². The van der Waals surface area contributed by atoms with Crippen molar-refractivity contribution >= 4 is 0 Å². The van der Waals surface area contributed by atoms with Gasteiger partial charge in [-0.15, -0.1) is 0 Å². The first kappa shape index (κ1) is 27.3. The zero-order chi connectivity index (χ0) is 26.5. The highest BCUT2D eigenvalue weighted by atomic mass is 16.5. The topological polar surface area (TPSA) is 82.4 Å². The van der Waals surface area contributed by atoms with Gasteiger partial charge in [0, 0.05) is 23.7 Å². The standard InChI is InChI=1S/C28H38N2O6/c1-28(17-29,18-11-12-22(31-3)23(14-18)32-4)13-9-10-19-15-20-21(16-30(19)2)25(34-6)27(36-8)26(35-7)24(20)33-5/h11-12,14,19H,9-10,13,15-16H2,1-8H3. The van der Waals surface area contributed by atoms with Crippen LogP contribution in [0.25, 0.3) is 0 Å². The molecule has 2 aromatic rings. The largest absolute Gasteiger partial charge is 0.493 e. The monoisotopic (exact) mass is 498 g/mol. The Morgan fingerprint density at radius 3 is 1.97 bits per heavy atom. The van der Waals surface area contributed by atoms with E-state index in [-0.39, 0.29) is 6.04 Å². The molecule has 0 radical (unpaired) electrons. The SMILES string of the molecule is COc1ccc(C(C)(C#N)CCCC2Cc3c(c(OC)c(OC)c(OC)c3OC)CN2C)cc1OC. The Kier molecular flexibility index (Phi) is 8.80. The van der Waals surface area contributed by atoms with Crippen LogP contribution in [0.3, 0.4) is 0 Å². The van der Waals surface area contributed by atoms with Crippen molar-refractivity contribution in [3.8, 4) is 40.6 Å². The molecule has 0 saturated heterocycles. The third-order valence-corrected chi connectivity index (χ3v) is 7.30. The molecule has 0 N–H and O–H groups in total. The van der Waals surface area contributed by atoms with Crippen LogP contribution in [-0.4, -0.2) is 60.6 Å². The van der Waals surface area contributed by atoms with E-state index in [0.29, 0.717) is 41.0 Å². The summed E-state index contributed by atoms with van der Waals surface area (Å²) in [6.45, 7) is 2.68. The number of methoxy groups -OCH3 is 6. The first-order chi connectivity index (χ1) is 17.3. The van der Waals surface area contributed by atoms with Gasteiger partial charge in [0.1, 0.15) is 0 Å². The lowest BCUT2D eigenvalue weighted by atomic mass is 9.78. The summed E-state index contributed by atoms with van der Waals surface area (Å²) in [5, 5.41) is 10.1. The Morgan fingerprint density at radius 2 is 1.44 bits per heavy atom. The van der Waals surface area contributed by atoms with Crippen molar-refractivity contribution in [2.45, 2.75) is 50.6 Å². The lowest BCUT2D eigenvalue weighted by Gasteiger charge is -2.37. The van der Waals surface area contributed by atoms with Gasteiger partial charge < -0.3 is 28.4 Å². The third-order valence-electron chi connectivity index (χ3n) is 7.30. The third kappa shape index (κ3) is 4.98. The molecule has 0 fully saturated rings. The molecular formula is C28H38N2O6. The molecule has 0 spiro atoms. The number of fused-ring (bicyclic) bond motifs is 1. The second-order valence-electron chi connectivity index (χ2n) is 9.27. The number of nitrogens with zero attached hydrogens (tertiary/aromatic N) is 2. The van der Waals surface area contributed by atoms with Crippen LogP contribution in [-0.2, 0) is 18.4 Å². The maximum Gasteiger partial charge on any atom is 0.207 e. The highest BCUT2D eigenvalue weighted by Crippen LogP contribution is 2.51. The van der Waals surface area contributed by atoms with E-state index in [0.717, 1.165) is 42.4 Å². The number of benzene rings is 2. The van der Waals surface area contributed by atoms with E-state index in [1.165, 1.54) is 0 Å². The smallest absolute Gasteiger partial charge is 0.207 e. The van der Waals surface area contributed by atoms with Crippen LogP contribution < -0.4 is 28.4 Å². The molecule has 8 heteroatoms. The Morgan fingerprint density at radius 1 is 0.861 bits per heavy atom. The molecule has 1 aliphatic rings. The summed E-state index contributed by atoms with van der Waals surface area (Å²) < 4.78 is 33.6. The van der Waals surface area contributed by atoms with Crippen LogP contribution in [0.4, 0.5) is 0 Å². The Labute approximate surface area is 214 Å². The van der Waals surface area contributed by atoms with E-state index >= 15 is 0 Å². The quantitative estimate of drug-likeness (QED) is 0.439. The minimum atomic E-state index is -0.637. The van der Waals surface area contributed by atoms with Crippen LogP contribution in [0.2, 0.25) is 0 Å². The molecule has 0 saturated carbocycles. The molecule has 196 valence electrons. The molecule has 3 rings (SSSR count). The van der Waals surface area contributed by atoms with Crippen molar-refractivity contribution in [2.24, 2.45) is 0 Å². The molecule has 0 amide bonds. The Hall–Kier alpha value is -3.31. The molecule has 2 unspecified atom stereocenters. The van der Waals surface area contributed by atoms with Crippen LogP contribution in [0.5, 0.6) is 34.5 Å². The molecule has 1 heterocycles. The lowest BCUT2D eigenvalue weighted by molar-refractivity contribution is 0.190. The van der Waals surface area contributed by atoms with Gasteiger partial charge in [-0.1, -0.05) is 6.07 Å². The lowest BCUT2D eigenvalue weighted by Crippen LogP contribution is -2.38. The van der Waals surface area contributed by atoms with Crippen LogP contribution in [0, 0.1) is 11.3 Å². The van der Waals surface area contributed by atoms with Gasteiger partial charge in [-0.05, 0) is 57.4 Å². The summed E-state index contributed by atoms with van der Waals surface area (Å²) in [6, 6.07) is 8.52. The summed E-state index contributed by atoms with van der Waals surface area (Å²) in [5.74, 6) is 3.74. The van der Waals surface area contributed by atoms with Crippen LogP contribution in [0.1, 0.15) is 42.9 Å². The van der Waals surface area contributed by atoms with Gasteiger partial charge in [0.2, 0.25) is 11.5 Å². The minimum absolute atomic E-state index is 0.280. The first-order valence-corrected chi connectivity index (χ1v) is 12.0. The van der Waals surface area contributed by atoms with Gasteiger partial charge in [0.25, 0.3) is 0 Å². The highest BCUT2D eigenvalue weighted by molar-refractivity contribution is 5.67. The maximum absolute atomic E-state index is 10.1. The summed E-state index contributed by atoms with van der Waals surface area (Å²) in [6.07, 6.45) is 3.32. The number of rotatable bonds is 11. The fraction of sp³-hybridized carbons (Fsp3) is 0.536. The maximum atomic E-state index is 10.1. The average Bonchev–Trinajstić information content (AvgIpc) is 2.91. The normalized spacial score (nSPS) is 16.8. The fourth-order valence-corrected chi connectivity index (χ4v) is 5.17. The van der Waals surface area contributed by atoms with Gasteiger partial charge in [-0.2, -0.15) is 5.26 Å². The van der Waals surface area contributed by atoms with E-state index in [1.54, 1.807) is 42.7 Å². The summed E-state index contributed by atoms with van der Waals surface area (Å²) in [5.41, 5.74) is 2.42. The number of hydrogen-bond donors (Lipinski definition) is 0. The Balaban J connectivity index is 1.82. The van der Waals surface area contributed by atoms with Crippen LogP contribution >= 0.6 is 0 Å². The predicted octanol–water partition coefficient (Wildman–Crippen LogP) is 4.75. The fourth-order valence-electron chi connectivity index (χ4n) is 5.17. The van der Waals surface area contributed by atoms with Gasteiger partial charge in [-0.25, -0.2) is 0 Å². The molecule has 2 aromatic carbocycles. The summed E-state index contributed by atoms with van der Waals surface area (Å²) >= 11 is 0. The molecule has 2 atom stereocenters. The van der Waals surface area contributed by atoms with Crippen molar-refractivity contribution in [3.63, 3.8) is 0 Å². The minimum Gasteiger partial charge on any atom is -0.493 e. The molecular weight excluding hydrogens is 460 g/mol. The van der Waals surface area contributed by atoms with E-state index < -0.39 is 5.41 Å². The number of hydrogen-bond acceptors (Lipinski definition) is 8. The first-order valence-electron chi connectivity index (χ1n) is 12.0. The van der Waals surface area contributed by atoms with E-state index in [4.69, 9.17) is 28.4 Å². The van der Waals surface area contributed by atoms with Crippen molar-refractivity contribution in [1.29, 1.82) is 5.26 Å². The van der Waals surface area contributed by atoms with Crippen molar-refractivity contribution in [2.75, 3.05) is 49.7 Å². The second-order valence-corrected chi connectivity index (χ2v) is 9.27. The number of likely N-dealkylation sites (N-methyl/N-ethyl adjacent to an activating group) is 1. The summed E-state index contributed by atoms with van der Waals surface area (Å²) in [4.78, 5) is 2.33. The number of ether oxygens (including phenoxy) is 6. The second kappa shape index (κ2) is 11.6. The van der Waals surface area contributed by atoms with Gasteiger partial charge >= 0.3 is 0 Å². The van der Waals surface area contributed by atoms with E-state index in [2.05, 4.69) is 18.0 Å². The molecule has 0 bridgehead atoms. The molecule has 0 aliphatic carbocycles. The molecule has 1 aliphatic heterocycles. The highest BCUT2D eigenvalue weighted by Gasteiger charge is 2.35. The Bertz CT molecular complexity index is 1110. The zero-order valence-electron chi connectivity index (χ0n) is 22.7. The van der Waals surface area contributed by atoms with E-state index in [9.17, 15) is 5.26 Å². The average molecular weight is 499 g/mol. The molecule has 36 heavy (non-hydrogen) atoms. The van der Waals surface area contributed by atoms with Crippen molar-refractivity contribution in [3.05, 3.63) is 34.9 Å². The van der Waals surface area contributed by atoms with E-state index in [1.807, 2.05) is 25.1 Å². The van der Waals surface area contributed by atoms with Crippen molar-refractivity contribution < 1.29 is 28.4 Å². The zero-order valence-corrected chi connectivity index (χ0v) is 22.7. The molecule has 0 aromatic heterocycles. The van der Waals surface area contributed by atoms with Gasteiger partial charge in [0.05, 0.1) is 54.1 Å². The van der Waals surface area contributed by atoms with Crippen LogP contribution in [0.15, 0.2) is 18.2 Å². The predicted molar refractivity (Wildman–Crippen MR) is 138 cm³/mol. The molecule has 8 nitrogen and oxygen atoms in total. The number of nitriles is 1.